The van der Waals surface area contributed by atoms with Crippen LogP contribution >= 0.6 is 0 Å². The Morgan fingerprint density at radius 2 is 1.70 bits per heavy atom. The molecule has 0 heterocycles. The van der Waals surface area contributed by atoms with E-state index in [1.807, 2.05) is 0 Å². The maximum Gasteiger partial charge on any atom is 0.471 e. The summed E-state index contributed by atoms with van der Waals surface area (Å²) in [6, 6.07) is 14.7. The smallest absolute Gasteiger partial charge is 0.471 e. The molecule has 0 radical (unpaired) electrons. The van der Waals surface area contributed by atoms with Gasteiger partial charge in [-0.1, -0.05) is 42.8 Å². The highest BCUT2D eigenvalue weighted by Gasteiger charge is 2.51. The average Bonchev–Trinajstić information content (AvgIpc) is 2.75. The minimum Gasteiger partial charge on any atom is -0.496 e. The zero-order chi connectivity index (χ0) is 21.8. The number of hydrogen-bond donors (Lipinski definition) is 1. The molecule has 0 aliphatic heterocycles. The van der Waals surface area contributed by atoms with Crippen molar-refractivity contribution in [3.63, 3.8) is 0 Å². The summed E-state index contributed by atoms with van der Waals surface area (Å²) in [6.07, 6.45) is -4.42. The van der Waals surface area contributed by atoms with E-state index in [9.17, 15) is 22.8 Å². The number of halogens is 3. The number of esters is 1. The van der Waals surface area contributed by atoms with E-state index < -0.39 is 29.7 Å². The maximum atomic E-state index is 13.2. The van der Waals surface area contributed by atoms with Gasteiger partial charge in [0.05, 0.1) is 12.7 Å². The molecule has 160 valence electrons. The van der Waals surface area contributed by atoms with Crippen LogP contribution in [0.3, 0.4) is 0 Å². The monoisotopic (exact) mass is 421 g/mol. The molecule has 0 aromatic heterocycles. The van der Waals surface area contributed by atoms with Crippen LogP contribution in [0.4, 0.5) is 13.2 Å². The molecule has 2 atom stereocenters. The molecule has 0 bridgehead atoms. The normalized spacial score (nSPS) is 21.5. The second-order valence-corrected chi connectivity index (χ2v) is 7.13. The molecule has 1 aliphatic carbocycles. The molecule has 5 nitrogen and oxygen atoms in total. The Bertz CT molecular complexity index is 901. The van der Waals surface area contributed by atoms with Crippen LogP contribution in [0.5, 0.6) is 5.75 Å². The fourth-order valence-electron chi connectivity index (χ4n) is 3.88. The molecular formula is C22H22F3NO4. The minimum absolute atomic E-state index is 0.169. The number of carbonyl (C=O) groups excluding carboxylic acids is 2. The number of alkyl halides is 3. The van der Waals surface area contributed by atoms with E-state index in [1.165, 1.54) is 7.11 Å². The van der Waals surface area contributed by atoms with Crippen molar-refractivity contribution in [2.75, 3.05) is 7.11 Å². The largest absolute Gasteiger partial charge is 0.496 e. The van der Waals surface area contributed by atoms with Crippen LogP contribution in [0.15, 0.2) is 54.6 Å². The molecule has 1 fully saturated rings. The van der Waals surface area contributed by atoms with Crippen molar-refractivity contribution in [1.82, 2.24) is 5.32 Å². The van der Waals surface area contributed by atoms with Crippen LogP contribution in [-0.4, -0.2) is 31.3 Å². The number of amides is 1. The Kier molecular flexibility index (Phi) is 6.34. The lowest BCUT2D eigenvalue weighted by Crippen LogP contribution is -2.59. The van der Waals surface area contributed by atoms with Crippen molar-refractivity contribution in [3.05, 3.63) is 65.7 Å². The van der Waals surface area contributed by atoms with Crippen LogP contribution in [0, 0.1) is 0 Å². The van der Waals surface area contributed by atoms with Crippen molar-refractivity contribution in [2.24, 2.45) is 0 Å². The number of rotatable bonds is 5. The van der Waals surface area contributed by atoms with E-state index in [0.717, 1.165) is 0 Å². The van der Waals surface area contributed by atoms with E-state index >= 15 is 0 Å². The second-order valence-electron chi connectivity index (χ2n) is 7.13. The third-order valence-corrected chi connectivity index (χ3v) is 5.28. The summed E-state index contributed by atoms with van der Waals surface area (Å²) in [4.78, 5) is 24.7. The number of nitrogens with one attached hydrogen (secondary N) is 1. The van der Waals surface area contributed by atoms with Gasteiger partial charge >= 0.3 is 18.1 Å². The van der Waals surface area contributed by atoms with Crippen molar-refractivity contribution in [1.29, 1.82) is 0 Å². The third kappa shape index (κ3) is 4.42. The zero-order valence-electron chi connectivity index (χ0n) is 16.4. The van der Waals surface area contributed by atoms with Crippen LogP contribution in [0.25, 0.3) is 0 Å². The summed E-state index contributed by atoms with van der Waals surface area (Å²) < 4.78 is 50.6. The van der Waals surface area contributed by atoms with Gasteiger partial charge in [0.25, 0.3) is 0 Å². The highest BCUT2D eigenvalue weighted by atomic mass is 19.4. The molecule has 0 unspecified atom stereocenters. The van der Waals surface area contributed by atoms with E-state index in [1.54, 1.807) is 54.6 Å². The molecule has 1 N–H and O–H groups in total. The Labute approximate surface area is 172 Å². The maximum absolute atomic E-state index is 13.2. The second kappa shape index (κ2) is 8.77. The molecule has 3 rings (SSSR count). The number of hydrogen-bond acceptors (Lipinski definition) is 4. The Morgan fingerprint density at radius 1 is 1.03 bits per heavy atom. The molecule has 0 saturated heterocycles. The Hall–Kier alpha value is -3.03. The van der Waals surface area contributed by atoms with Crippen LogP contribution in [-0.2, 0) is 15.1 Å². The lowest BCUT2D eigenvalue weighted by atomic mass is 9.73. The Morgan fingerprint density at radius 3 is 2.37 bits per heavy atom. The Balaban J connectivity index is 2.05. The number of carbonyl (C=O) groups is 2. The van der Waals surface area contributed by atoms with Gasteiger partial charge in [0.1, 0.15) is 17.4 Å². The predicted octanol–water partition coefficient (Wildman–Crippen LogP) is 4.37. The standard InChI is InChI=1S/C22H22F3NO4/c1-29-17-12-6-5-11-16(17)21(26-20(28)22(23,24)25)14-8-7-13-18(21)30-19(27)15-9-3-2-4-10-15/h2-6,9-12,18H,7-8,13-14H2,1H3,(H,26,28)/t18-,21-/m1/s1. The summed E-state index contributed by atoms with van der Waals surface area (Å²) in [6.45, 7) is 0. The molecule has 2 aromatic carbocycles. The molecule has 8 heteroatoms. The summed E-state index contributed by atoms with van der Waals surface area (Å²) in [5.41, 5.74) is -0.947. The van der Waals surface area contributed by atoms with Gasteiger partial charge in [0.2, 0.25) is 0 Å². The first-order valence-corrected chi connectivity index (χ1v) is 9.57. The summed E-state index contributed by atoms with van der Waals surface area (Å²) in [7, 11) is 1.39. The number of para-hydroxylation sites is 1. The lowest BCUT2D eigenvalue weighted by molar-refractivity contribution is -0.178. The van der Waals surface area contributed by atoms with Crippen LogP contribution in [0.2, 0.25) is 0 Å². The van der Waals surface area contributed by atoms with Crippen LogP contribution in [0.1, 0.15) is 41.6 Å². The van der Waals surface area contributed by atoms with Gasteiger partial charge in [0, 0.05) is 5.56 Å². The van der Waals surface area contributed by atoms with Gasteiger partial charge in [-0.2, -0.15) is 13.2 Å². The number of benzene rings is 2. The summed E-state index contributed by atoms with van der Waals surface area (Å²) in [5.74, 6) is -2.44. The minimum atomic E-state index is -5.08. The summed E-state index contributed by atoms with van der Waals surface area (Å²) >= 11 is 0. The van der Waals surface area contributed by atoms with Gasteiger partial charge in [0.15, 0.2) is 0 Å². The van der Waals surface area contributed by atoms with Crippen molar-refractivity contribution >= 4 is 11.9 Å². The van der Waals surface area contributed by atoms with Gasteiger partial charge < -0.3 is 14.8 Å². The van der Waals surface area contributed by atoms with Gasteiger partial charge in [-0.3, -0.25) is 4.79 Å². The number of methoxy groups -OCH3 is 1. The highest BCUT2D eigenvalue weighted by Crippen LogP contribution is 2.43. The van der Waals surface area contributed by atoms with Crippen LogP contribution < -0.4 is 10.1 Å². The molecule has 30 heavy (non-hydrogen) atoms. The quantitative estimate of drug-likeness (QED) is 0.729. The zero-order valence-corrected chi connectivity index (χ0v) is 16.4. The molecule has 2 aromatic rings. The van der Waals surface area contributed by atoms with E-state index in [2.05, 4.69) is 5.32 Å². The highest BCUT2D eigenvalue weighted by molar-refractivity contribution is 5.89. The van der Waals surface area contributed by atoms with E-state index in [0.29, 0.717) is 30.6 Å². The molecule has 1 aliphatic rings. The van der Waals surface area contributed by atoms with Gasteiger partial charge in [-0.15, -0.1) is 0 Å². The van der Waals surface area contributed by atoms with Crippen molar-refractivity contribution < 1.29 is 32.2 Å². The first-order chi connectivity index (χ1) is 14.3. The average molecular weight is 421 g/mol. The van der Waals surface area contributed by atoms with E-state index in [-0.39, 0.29) is 12.0 Å². The molecule has 1 saturated carbocycles. The van der Waals surface area contributed by atoms with Gasteiger partial charge in [-0.05, 0) is 37.5 Å². The predicted molar refractivity (Wildman–Crippen MR) is 103 cm³/mol. The van der Waals surface area contributed by atoms with Gasteiger partial charge in [-0.25, -0.2) is 4.79 Å². The SMILES string of the molecule is COc1ccccc1[C@]1(NC(=O)C(F)(F)F)CCCC[C@H]1OC(=O)c1ccccc1. The molecule has 0 spiro atoms. The first kappa shape index (κ1) is 21.7. The fraction of sp³-hybridized carbons (Fsp3) is 0.364. The molecular weight excluding hydrogens is 399 g/mol. The first-order valence-electron chi connectivity index (χ1n) is 9.57. The summed E-state index contributed by atoms with van der Waals surface area (Å²) in [5, 5.41) is 2.15. The van der Waals surface area contributed by atoms with Crippen molar-refractivity contribution in [3.8, 4) is 5.75 Å². The fourth-order valence-corrected chi connectivity index (χ4v) is 3.88. The number of ether oxygens (including phenoxy) is 2. The van der Waals surface area contributed by atoms with Crippen molar-refractivity contribution in [2.45, 2.75) is 43.5 Å². The third-order valence-electron chi connectivity index (χ3n) is 5.28. The van der Waals surface area contributed by atoms with E-state index in [4.69, 9.17) is 9.47 Å². The molecule has 1 amide bonds. The topological polar surface area (TPSA) is 64.6 Å². The lowest BCUT2D eigenvalue weighted by Gasteiger charge is -2.44.